The lowest BCUT2D eigenvalue weighted by Crippen LogP contribution is -2.30. The number of hydrogen-bond donors (Lipinski definition) is 3. The largest absolute Gasteiger partial charge is 0.490 e. The van der Waals surface area contributed by atoms with Gasteiger partial charge in [0.05, 0.1) is 19.8 Å². The van der Waals surface area contributed by atoms with Gasteiger partial charge in [0.25, 0.3) is 0 Å². The number of nitrogens with one attached hydrogen (secondary N) is 3. The van der Waals surface area contributed by atoms with Gasteiger partial charge in [-0.3, -0.25) is 0 Å². The van der Waals surface area contributed by atoms with E-state index in [1.54, 1.807) is 0 Å². The molecule has 0 spiro atoms. The molecule has 4 rings (SSSR count). The van der Waals surface area contributed by atoms with Crippen LogP contribution in [0.15, 0.2) is 53.5 Å². The first-order valence-electron chi connectivity index (χ1n) is 9.33. The number of H-pyrrole nitrogens is 1. The highest BCUT2D eigenvalue weighted by atomic mass is 16.5. The second-order valence-corrected chi connectivity index (χ2v) is 6.41. The summed E-state index contributed by atoms with van der Waals surface area (Å²) < 4.78 is 11.5. The zero-order valence-electron chi connectivity index (χ0n) is 15.4. The van der Waals surface area contributed by atoms with Crippen LogP contribution in [0.2, 0.25) is 0 Å². The monoisotopic (exact) mass is 364 g/mol. The van der Waals surface area contributed by atoms with E-state index in [1.165, 1.54) is 5.39 Å². The van der Waals surface area contributed by atoms with E-state index in [1.807, 2.05) is 37.3 Å². The van der Waals surface area contributed by atoms with Gasteiger partial charge >= 0.3 is 0 Å². The molecular formula is C21H24N4O2. The molecule has 1 aliphatic rings. The van der Waals surface area contributed by atoms with Crippen molar-refractivity contribution in [2.75, 3.05) is 25.1 Å². The number of anilines is 1. The Morgan fingerprint density at radius 2 is 1.93 bits per heavy atom. The summed E-state index contributed by atoms with van der Waals surface area (Å²) in [7, 11) is 0. The normalized spacial score (nSPS) is 14.0. The maximum absolute atomic E-state index is 5.76. The topological polar surface area (TPSA) is 70.7 Å². The van der Waals surface area contributed by atoms with Crippen LogP contribution in [0, 0.1) is 0 Å². The molecule has 0 fully saturated rings. The molecule has 3 aromatic rings. The summed E-state index contributed by atoms with van der Waals surface area (Å²) in [6, 6.07) is 16.2. The molecule has 0 radical (unpaired) electrons. The van der Waals surface area contributed by atoms with Gasteiger partial charge in [-0.1, -0.05) is 18.2 Å². The molecule has 0 aliphatic carbocycles. The number of fused-ring (bicyclic) bond motifs is 2. The van der Waals surface area contributed by atoms with Crippen LogP contribution in [0.1, 0.15) is 19.0 Å². The molecule has 0 saturated carbocycles. The number of rotatable bonds is 4. The second-order valence-electron chi connectivity index (χ2n) is 6.41. The number of aromatic nitrogens is 1. The third kappa shape index (κ3) is 4.16. The summed E-state index contributed by atoms with van der Waals surface area (Å²) in [6.45, 7) is 4.76. The van der Waals surface area contributed by atoms with Crippen molar-refractivity contribution < 1.29 is 9.47 Å². The van der Waals surface area contributed by atoms with Gasteiger partial charge in [-0.25, -0.2) is 4.99 Å². The molecule has 0 atom stereocenters. The van der Waals surface area contributed by atoms with E-state index in [0.717, 1.165) is 47.3 Å². The number of aliphatic imine (C=N–C) groups is 1. The van der Waals surface area contributed by atoms with Crippen molar-refractivity contribution in [1.82, 2.24) is 10.3 Å². The average Bonchev–Trinajstić information content (AvgIpc) is 2.96. The van der Waals surface area contributed by atoms with Gasteiger partial charge in [0.15, 0.2) is 17.5 Å². The molecule has 2 heterocycles. The first kappa shape index (κ1) is 17.3. The average molecular weight is 364 g/mol. The Labute approximate surface area is 158 Å². The maximum Gasteiger partial charge on any atom is 0.196 e. The van der Waals surface area contributed by atoms with Crippen molar-refractivity contribution in [2.45, 2.75) is 19.9 Å². The number of guanidine groups is 1. The van der Waals surface area contributed by atoms with Crippen molar-refractivity contribution in [3.63, 3.8) is 0 Å². The molecule has 140 valence electrons. The molecule has 3 N–H and O–H groups in total. The van der Waals surface area contributed by atoms with Crippen LogP contribution < -0.4 is 20.1 Å². The molecule has 1 aliphatic heterocycles. The lowest BCUT2D eigenvalue weighted by atomic mass is 10.2. The fourth-order valence-electron chi connectivity index (χ4n) is 3.07. The van der Waals surface area contributed by atoms with Gasteiger partial charge in [0.2, 0.25) is 0 Å². The minimum absolute atomic E-state index is 0.564. The minimum atomic E-state index is 0.564. The third-order valence-corrected chi connectivity index (χ3v) is 4.35. The van der Waals surface area contributed by atoms with Gasteiger partial charge in [-0.05, 0) is 36.6 Å². The van der Waals surface area contributed by atoms with Crippen molar-refractivity contribution >= 4 is 22.5 Å². The Kier molecular flexibility index (Phi) is 5.14. The smallest absolute Gasteiger partial charge is 0.196 e. The number of ether oxygens (including phenoxy) is 2. The van der Waals surface area contributed by atoms with Gasteiger partial charge in [-0.2, -0.15) is 0 Å². The first-order valence-corrected chi connectivity index (χ1v) is 9.33. The molecule has 27 heavy (non-hydrogen) atoms. The summed E-state index contributed by atoms with van der Waals surface area (Å²) in [4.78, 5) is 8.10. The minimum Gasteiger partial charge on any atom is -0.490 e. The molecular weight excluding hydrogens is 340 g/mol. The summed E-state index contributed by atoms with van der Waals surface area (Å²) in [6.07, 6.45) is 0.895. The van der Waals surface area contributed by atoms with Gasteiger partial charge in [0, 0.05) is 35.9 Å². The predicted molar refractivity (Wildman–Crippen MR) is 109 cm³/mol. The predicted octanol–water partition coefficient (Wildman–Crippen LogP) is 3.91. The van der Waals surface area contributed by atoms with Gasteiger partial charge < -0.3 is 25.1 Å². The van der Waals surface area contributed by atoms with E-state index in [2.05, 4.69) is 33.8 Å². The highest BCUT2D eigenvalue weighted by Crippen LogP contribution is 2.32. The molecule has 0 bridgehead atoms. The Morgan fingerprint density at radius 1 is 1.07 bits per heavy atom. The van der Waals surface area contributed by atoms with Crippen LogP contribution in [0.3, 0.4) is 0 Å². The highest BCUT2D eigenvalue weighted by Gasteiger charge is 2.11. The molecule has 1 aromatic heterocycles. The molecule has 2 aromatic carbocycles. The zero-order valence-corrected chi connectivity index (χ0v) is 15.4. The van der Waals surface area contributed by atoms with Crippen LogP contribution in [0.25, 0.3) is 10.9 Å². The van der Waals surface area contributed by atoms with E-state index >= 15 is 0 Å². The second kappa shape index (κ2) is 8.03. The molecule has 0 amide bonds. The Hall–Kier alpha value is -3.15. The molecule has 0 saturated heterocycles. The van der Waals surface area contributed by atoms with Crippen LogP contribution in [-0.2, 0) is 6.54 Å². The molecule has 6 nitrogen and oxygen atoms in total. The van der Waals surface area contributed by atoms with Crippen LogP contribution in [-0.4, -0.2) is 30.7 Å². The number of aromatic amines is 1. The Morgan fingerprint density at radius 3 is 2.78 bits per heavy atom. The van der Waals surface area contributed by atoms with Crippen LogP contribution in [0.4, 0.5) is 5.69 Å². The summed E-state index contributed by atoms with van der Waals surface area (Å²) in [5.41, 5.74) is 3.12. The summed E-state index contributed by atoms with van der Waals surface area (Å²) >= 11 is 0. The Balaban J connectivity index is 1.50. The number of hydrogen-bond acceptors (Lipinski definition) is 3. The zero-order chi connectivity index (χ0) is 18.5. The standard InChI is InChI=1S/C21H24N4O2/c1-2-22-21(23-14-17-12-15-6-3-4-7-18(15)24-17)25-16-8-9-19-20(13-16)27-11-5-10-26-19/h3-4,6-9,12-13,24H,2,5,10-11,14H2,1H3,(H2,22,23,25). The first-order chi connectivity index (χ1) is 13.3. The van der Waals surface area contributed by atoms with E-state index < -0.39 is 0 Å². The molecule has 6 heteroatoms. The summed E-state index contributed by atoms with van der Waals surface area (Å²) in [5, 5.41) is 7.82. The maximum atomic E-state index is 5.76. The fourth-order valence-corrected chi connectivity index (χ4v) is 3.07. The van der Waals surface area contributed by atoms with Gasteiger partial charge in [-0.15, -0.1) is 0 Å². The number of benzene rings is 2. The van der Waals surface area contributed by atoms with Crippen molar-refractivity contribution in [3.05, 3.63) is 54.2 Å². The quantitative estimate of drug-likeness (QED) is 0.485. The Bertz CT molecular complexity index is 915. The number of nitrogens with zero attached hydrogens (tertiary/aromatic N) is 1. The van der Waals surface area contributed by atoms with Crippen molar-refractivity contribution in [1.29, 1.82) is 0 Å². The lowest BCUT2D eigenvalue weighted by Gasteiger charge is -2.13. The van der Waals surface area contributed by atoms with E-state index in [0.29, 0.717) is 19.8 Å². The van der Waals surface area contributed by atoms with Crippen LogP contribution >= 0.6 is 0 Å². The summed E-state index contributed by atoms with van der Waals surface area (Å²) in [5.74, 6) is 2.28. The van der Waals surface area contributed by atoms with E-state index in [-0.39, 0.29) is 0 Å². The lowest BCUT2D eigenvalue weighted by molar-refractivity contribution is 0.297. The van der Waals surface area contributed by atoms with Crippen LogP contribution in [0.5, 0.6) is 11.5 Å². The highest BCUT2D eigenvalue weighted by molar-refractivity contribution is 5.94. The fraction of sp³-hybridized carbons (Fsp3) is 0.286. The van der Waals surface area contributed by atoms with E-state index in [4.69, 9.17) is 14.5 Å². The number of para-hydroxylation sites is 1. The third-order valence-electron chi connectivity index (χ3n) is 4.35. The van der Waals surface area contributed by atoms with Gasteiger partial charge in [0.1, 0.15) is 0 Å². The van der Waals surface area contributed by atoms with Crippen molar-refractivity contribution in [2.24, 2.45) is 4.99 Å². The SMILES string of the molecule is CCNC(=NCc1cc2ccccc2[nH]1)Nc1ccc2c(c1)OCCCO2. The van der Waals surface area contributed by atoms with Crippen molar-refractivity contribution in [3.8, 4) is 11.5 Å². The van der Waals surface area contributed by atoms with E-state index in [9.17, 15) is 0 Å². The molecule has 0 unspecified atom stereocenters.